The molecule has 2 heterocycles. The Morgan fingerprint density at radius 3 is 2.40 bits per heavy atom. The zero-order chi connectivity index (χ0) is 30.6. The highest BCUT2D eigenvalue weighted by Crippen LogP contribution is 2.35. The molecule has 1 fully saturated rings. The smallest absolute Gasteiger partial charge is 0.145 e. The molecule has 3 atom stereocenters. The van der Waals surface area contributed by atoms with Crippen LogP contribution in [0.2, 0.25) is 0 Å². The fraction of sp³-hybridized carbons (Fsp3) is 0.588. The van der Waals surface area contributed by atoms with Crippen molar-refractivity contribution in [3.8, 4) is 0 Å². The summed E-state index contributed by atoms with van der Waals surface area (Å²) in [5.41, 5.74) is 4.46. The summed E-state index contributed by atoms with van der Waals surface area (Å²) >= 11 is 0. The van der Waals surface area contributed by atoms with E-state index >= 15 is 0 Å². The minimum Gasteiger partial charge on any atom is -0.311 e. The van der Waals surface area contributed by atoms with Gasteiger partial charge in [-0.25, -0.2) is 4.39 Å². The second-order valence-electron chi connectivity index (χ2n) is 11.2. The number of nitrogens with one attached hydrogen (secondary N) is 3. The standard InChI is InChI=1S/C30H42FN5.2C2H6/c1-8-20-12-21(14-26(31)29(20)34-7)23-11-19(4)28(35-16-23)27(33)10-9-24(32)13-22-15-30(5,6)36-17-25(22)18(2)3;2*1-2/h9-12,14,16,18,20,22,25,32-33,36H,8,13,15,17H2,1-7H3;2*1-2H3/b10-9-,32-24?,33-27?,34-29?;;/t20?,22?,25-;;/m1../s1. The van der Waals surface area contributed by atoms with Crippen LogP contribution in [0.25, 0.3) is 5.57 Å². The highest BCUT2D eigenvalue weighted by atomic mass is 19.1. The highest BCUT2D eigenvalue weighted by molar-refractivity contribution is 6.10. The largest absolute Gasteiger partial charge is 0.311 e. The molecule has 222 valence electrons. The first-order chi connectivity index (χ1) is 19.0. The van der Waals surface area contributed by atoms with Crippen LogP contribution < -0.4 is 5.32 Å². The Labute approximate surface area is 243 Å². The molecule has 5 nitrogen and oxygen atoms in total. The van der Waals surface area contributed by atoms with Crippen LogP contribution in [-0.4, -0.2) is 41.3 Å². The summed E-state index contributed by atoms with van der Waals surface area (Å²) in [6.45, 7) is 21.9. The summed E-state index contributed by atoms with van der Waals surface area (Å²) in [5.74, 6) is 1.21. The normalized spacial score (nSPS) is 23.0. The monoisotopic (exact) mass is 551 g/mol. The third-order valence-electron chi connectivity index (χ3n) is 7.59. The van der Waals surface area contributed by atoms with E-state index in [0.29, 0.717) is 34.9 Å². The molecule has 1 aliphatic heterocycles. The fourth-order valence-corrected chi connectivity index (χ4v) is 5.57. The van der Waals surface area contributed by atoms with Crippen LogP contribution in [0, 0.1) is 41.4 Å². The van der Waals surface area contributed by atoms with Gasteiger partial charge in [-0.1, -0.05) is 54.5 Å². The first kappa shape index (κ1) is 35.3. The summed E-state index contributed by atoms with van der Waals surface area (Å²) in [7, 11) is 1.62. The molecule has 0 radical (unpaired) electrons. The lowest BCUT2D eigenvalue weighted by Gasteiger charge is -2.43. The van der Waals surface area contributed by atoms with E-state index in [-0.39, 0.29) is 23.0 Å². The van der Waals surface area contributed by atoms with Crippen molar-refractivity contribution in [2.45, 2.75) is 94.0 Å². The maximum atomic E-state index is 14.6. The maximum absolute atomic E-state index is 14.6. The highest BCUT2D eigenvalue weighted by Gasteiger charge is 2.36. The lowest BCUT2D eigenvalue weighted by molar-refractivity contribution is 0.129. The number of aliphatic imine (C=N–C) groups is 1. The number of pyridine rings is 1. The Balaban J connectivity index is 0.00000191. The van der Waals surface area contributed by atoms with Crippen molar-refractivity contribution in [3.05, 3.63) is 59.2 Å². The fourth-order valence-electron chi connectivity index (χ4n) is 5.57. The Morgan fingerprint density at radius 2 is 1.85 bits per heavy atom. The van der Waals surface area contributed by atoms with Crippen molar-refractivity contribution >= 4 is 22.7 Å². The topological polar surface area (TPSA) is 85.0 Å². The lowest BCUT2D eigenvalue weighted by atomic mass is 9.71. The van der Waals surface area contributed by atoms with E-state index in [9.17, 15) is 4.39 Å². The van der Waals surface area contributed by atoms with Crippen molar-refractivity contribution in [2.75, 3.05) is 13.6 Å². The van der Waals surface area contributed by atoms with Gasteiger partial charge in [0, 0.05) is 36.0 Å². The molecule has 0 aromatic carbocycles. The van der Waals surface area contributed by atoms with Gasteiger partial charge in [0.2, 0.25) is 0 Å². The van der Waals surface area contributed by atoms with Gasteiger partial charge in [-0.2, -0.15) is 0 Å². The van der Waals surface area contributed by atoms with Gasteiger partial charge in [0.15, 0.2) is 0 Å². The molecule has 0 amide bonds. The molecule has 0 bridgehead atoms. The number of nitrogens with zero attached hydrogens (tertiary/aromatic N) is 2. The Kier molecular flexibility index (Phi) is 14.6. The number of allylic oxidation sites excluding steroid dienone is 6. The molecule has 3 N–H and O–H groups in total. The average molecular weight is 552 g/mol. The van der Waals surface area contributed by atoms with Gasteiger partial charge in [0.1, 0.15) is 5.83 Å². The van der Waals surface area contributed by atoms with Crippen molar-refractivity contribution < 1.29 is 4.39 Å². The quantitative estimate of drug-likeness (QED) is 0.282. The molecule has 40 heavy (non-hydrogen) atoms. The van der Waals surface area contributed by atoms with Crippen LogP contribution in [0.5, 0.6) is 0 Å². The molecule has 1 aliphatic carbocycles. The lowest BCUT2D eigenvalue weighted by Crippen LogP contribution is -2.52. The summed E-state index contributed by atoms with van der Waals surface area (Å²) in [4.78, 5) is 8.65. The maximum Gasteiger partial charge on any atom is 0.145 e. The van der Waals surface area contributed by atoms with Crippen LogP contribution in [0.3, 0.4) is 0 Å². The molecule has 2 unspecified atom stereocenters. The van der Waals surface area contributed by atoms with Crippen LogP contribution in [-0.2, 0) is 0 Å². The van der Waals surface area contributed by atoms with E-state index in [1.165, 1.54) is 6.08 Å². The van der Waals surface area contributed by atoms with Crippen LogP contribution in [0.4, 0.5) is 4.39 Å². The minimum absolute atomic E-state index is 0.0527. The zero-order valence-corrected chi connectivity index (χ0v) is 26.9. The molecule has 2 aliphatic rings. The van der Waals surface area contributed by atoms with Crippen molar-refractivity contribution in [2.24, 2.45) is 28.7 Å². The molecule has 1 aromatic rings. The van der Waals surface area contributed by atoms with Gasteiger partial charge in [-0.05, 0) is 99.8 Å². The third kappa shape index (κ3) is 9.43. The second kappa shape index (κ2) is 16.5. The second-order valence-corrected chi connectivity index (χ2v) is 11.2. The first-order valence-corrected chi connectivity index (χ1v) is 15.1. The van der Waals surface area contributed by atoms with E-state index in [1.807, 2.05) is 53.7 Å². The van der Waals surface area contributed by atoms with Crippen molar-refractivity contribution in [1.29, 1.82) is 10.8 Å². The molecule has 0 spiro atoms. The van der Waals surface area contributed by atoms with E-state index in [2.05, 4.69) is 43.0 Å². The van der Waals surface area contributed by atoms with E-state index in [1.54, 1.807) is 25.4 Å². The van der Waals surface area contributed by atoms with Gasteiger partial charge < -0.3 is 10.7 Å². The van der Waals surface area contributed by atoms with E-state index in [0.717, 1.165) is 42.5 Å². The summed E-state index contributed by atoms with van der Waals surface area (Å²) in [5, 5.41) is 20.8. The van der Waals surface area contributed by atoms with Gasteiger partial charge in [-0.3, -0.25) is 15.4 Å². The molecular weight excluding hydrogens is 497 g/mol. The molecule has 0 saturated carbocycles. The Bertz CT molecular complexity index is 1120. The molecule has 3 rings (SSSR count). The first-order valence-electron chi connectivity index (χ1n) is 15.1. The van der Waals surface area contributed by atoms with Gasteiger partial charge in [0.05, 0.1) is 17.1 Å². The van der Waals surface area contributed by atoms with Crippen LogP contribution in [0.1, 0.15) is 98.4 Å². The minimum atomic E-state index is -0.297. The Hall–Kier alpha value is -2.73. The summed E-state index contributed by atoms with van der Waals surface area (Å²) in [6.07, 6.45) is 11.2. The number of piperidine rings is 1. The SMILES string of the molecule is CC.CC.CCC1C=C(c2cnc(C(=N)/C=C\C(=N)CC3CC(C)(C)NC[C@@H]3C(C)C)c(C)c2)C=C(F)C1=NC. The van der Waals surface area contributed by atoms with Crippen LogP contribution >= 0.6 is 0 Å². The van der Waals surface area contributed by atoms with E-state index in [4.69, 9.17) is 10.8 Å². The average Bonchev–Trinajstić information content (AvgIpc) is 2.92. The molecular formula is C34H54FN5. The number of halogens is 1. The summed E-state index contributed by atoms with van der Waals surface area (Å²) < 4.78 is 14.6. The number of aryl methyl sites for hydroxylation is 1. The van der Waals surface area contributed by atoms with Crippen molar-refractivity contribution in [1.82, 2.24) is 10.3 Å². The zero-order valence-electron chi connectivity index (χ0n) is 26.9. The van der Waals surface area contributed by atoms with Gasteiger partial charge in [-0.15, -0.1) is 0 Å². The van der Waals surface area contributed by atoms with Crippen molar-refractivity contribution in [3.63, 3.8) is 0 Å². The van der Waals surface area contributed by atoms with E-state index < -0.39 is 0 Å². The number of aromatic nitrogens is 1. The van der Waals surface area contributed by atoms with Crippen LogP contribution in [0.15, 0.2) is 47.4 Å². The number of hydrogen-bond donors (Lipinski definition) is 3. The predicted octanol–water partition coefficient (Wildman–Crippen LogP) is 8.78. The van der Waals surface area contributed by atoms with Gasteiger partial charge >= 0.3 is 0 Å². The van der Waals surface area contributed by atoms with Gasteiger partial charge in [0.25, 0.3) is 0 Å². The number of rotatable bonds is 8. The molecule has 1 saturated heterocycles. The predicted molar refractivity (Wildman–Crippen MR) is 173 cm³/mol. The summed E-state index contributed by atoms with van der Waals surface area (Å²) in [6, 6.07) is 1.96. The molecule has 6 heteroatoms. The number of hydrogen-bond acceptors (Lipinski definition) is 5. The molecule has 1 aromatic heterocycles. The third-order valence-corrected chi connectivity index (χ3v) is 7.59. The Morgan fingerprint density at radius 1 is 1.20 bits per heavy atom.